The fraction of sp³-hybridized carbons (Fsp3) is 0.385. The minimum Gasteiger partial charge on any atom is -0.465 e. The van der Waals surface area contributed by atoms with Crippen LogP contribution in [-0.2, 0) is 14.3 Å². The van der Waals surface area contributed by atoms with Crippen molar-refractivity contribution in [3.63, 3.8) is 0 Å². The zero-order valence-corrected chi connectivity index (χ0v) is 11.9. The molecule has 0 aliphatic heterocycles. The number of ether oxygens (including phenoxy) is 1. The van der Waals surface area contributed by atoms with Crippen LogP contribution >= 0.6 is 11.8 Å². The molecule has 4 nitrogen and oxygen atoms in total. The van der Waals surface area contributed by atoms with Crippen LogP contribution in [0.5, 0.6) is 0 Å². The van der Waals surface area contributed by atoms with Gasteiger partial charge in [0.2, 0.25) is 5.91 Å². The van der Waals surface area contributed by atoms with E-state index in [4.69, 9.17) is 4.74 Å². The number of esters is 1. The molecule has 0 aromatic heterocycles. The maximum atomic E-state index is 13.3. The molecule has 1 N–H and O–H groups in total. The second kappa shape index (κ2) is 7.84. The molecule has 0 unspecified atom stereocenters. The van der Waals surface area contributed by atoms with E-state index in [0.717, 1.165) is 30.0 Å². The van der Waals surface area contributed by atoms with Crippen LogP contribution in [0.1, 0.15) is 13.8 Å². The Morgan fingerprint density at radius 1 is 1.40 bits per heavy atom. The standard InChI is InChI=1S/C13H15F2NO3S/c1-3-19-12(17)7-20-8(2)13(18)16-11-6-9(14)4-5-10(11)15/h4-6,8H,3,7H2,1-2H3,(H,16,18)/t8-/m1/s1. The van der Waals surface area contributed by atoms with E-state index >= 15 is 0 Å². The molecule has 0 fully saturated rings. The number of nitrogens with one attached hydrogen (secondary N) is 1. The predicted molar refractivity (Wildman–Crippen MR) is 73.5 cm³/mol. The summed E-state index contributed by atoms with van der Waals surface area (Å²) in [5.74, 6) is -2.28. The molecular formula is C13H15F2NO3S. The zero-order valence-electron chi connectivity index (χ0n) is 11.1. The number of anilines is 1. The summed E-state index contributed by atoms with van der Waals surface area (Å²) in [5, 5.41) is 1.68. The van der Waals surface area contributed by atoms with Crippen LogP contribution in [0.15, 0.2) is 18.2 Å². The van der Waals surface area contributed by atoms with Crippen molar-refractivity contribution in [1.82, 2.24) is 0 Å². The third-order valence-corrected chi connectivity index (χ3v) is 3.43. The summed E-state index contributed by atoms with van der Waals surface area (Å²) in [6.45, 7) is 3.52. The highest BCUT2D eigenvalue weighted by Gasteiger charge is 2.17. The van der Waals surface area contributed by atoms with Gasteiger partial charge in [0.05, 0.1) is 23.3 Å². The third-order valence-electron chi connectivity index (χ3n) is 2.31. The Morgan fingerprint density at radius 3 is 2.75 bits per heavy atom. The monoisotopic (exact) mass is 303 g/mol. The van der Waals surface area contributed by atoms with Gasteiger partial charge in [0.15, 0.2) is 0 Å². The van der Waals surface area contributed by atoms with Gasteiger partial charge >= 0.3 is 5.97 Å². The molecule has 1 rings (SSSR count). The number of thioether (sulfide) groups is 1. The van der Waals surface area contributed by atoms with E-state index in [9.17, 15) is 18.4 Å². The maximum Gasteiger partial charge on any atom is 0.315 e. The summed E-state index contributed by atoms with van der Waals surface area (Å²) in [7, 11) is 0. The SMILES string of the molecule is CCOC(=O)CS[C@H](C)C(=O)Nc1cc(F)ccc1F. The van der Waals surface area contributed by atoms with Gasteiger partial charge in [0.1, 0.15) is 11.6 Å². The Hall–Kier alpha value is -1.63. The summed E-state index contributed by atoms with van der Waals surface area (Å²) >= 11 is 1.06. The third kappa shape index (κ3) is 5.16. The number of halogens is 2. The van der Waals surface area contributed by atoms with E-state index < -0.39 is 28.8 Å². The van der Waals surface area contributed by atoms with Gasteiger partial charge in [0.25, 0.3) is 0 Å². The van der Waals surface area contributed by atoms with E-state index in [0.29, 0.717) is 0 Å². The van der Waals surface area contributed by atoms with Crippen LogP contribution < -0.4 is 5.32 Å². The molecule has 0 aliphatic carbocycles. The quantitative estimate of drug-likeness (QED) is 0.821. The van der Waals surface area contributed by atoms with Crippen LogP contribution in [0.4, 0.5) is 14.5 Å². The molecule has 110 valence electrons. The first-order valence-electron chi connectivity index (χ1n) is 5.97. The molecule has 1 aromatic carbocycles. The first-order valence-corrected chi connectivity index (χ1v) is 7.02. The summed E-state index contributed by atoms with van der Waals surface area (Å²) < 4.78 is 31.0. The van der Waals surface area contributed by atoms with E-state index in [1.807, 2.05) is 0 Å². The van der Waals surface area contributed by atoms with Gasteiger partial charge in [0, 0.05) is 6.07 Å². The van der Waals surface area contributed by atoms with E-state index in [1.165, 1.54) is 0 Å². The molecule has 1 aromatic rings. The van der Waals surface area contributed by atoms with Crippen molar-refractivity contribution in [3.8, 4) is 0 Å². The Kier molecular flexibility index (Phi) is 6.44. The lowest BCUT2D eigenvalue weighted by molar-refractivity contribution is -0.139. The van der Waals surface area contributed by atoms with Crippen LogP contribution in [0.3, 0.4) is 0 Å². The molecular weight excluding hydrogens is 288 g/mol. The van der Waals surface area contributed by atoms with Crippen molar-refractivity contribution in [2.75, 3.05) is 17.7 Å². The first-order chi connectivity index (χ1) is 9.43. The molecule has 0 heterocycles. The molecule has 1 atom stereocenters. The lowest BCUT2D eigenvalue weighted by Crippen LogP contribution is -2.24. The van der Waals surface area contributed by atoms with Crippen LogP contribution in [-0.4, -0.2) is 29.5 Å². The predicted octanol–water partition coefficient (Wildman–Crippen LogP) is 2.59. The fourth-order valence-corrected chi connectivity index (χ4v) is 1.98. The van der Waals surface area contributed by atoms with Crippen LogP contribution in [0.2, 0.25) is 0 Å². The smallest absolute Gasteiger partial charge is 0.315 e. The number of carbonyl (C=O) groups excluding carboxylic acids is 2. The maximum absolute atomic E-state index is 13.3. The van der Waals surface area contributed by atoms with Gasteiger partial charge in [-0.05, 0) is 26.0 Å². The highest BCUT2D eigenvalue weighted by Crippen LogP contribution is 2.18. The average Bonchev–Trinajstić information content (AvgIpc) is 2.40. The Balaban J connectivity index is 2.53. The fourth-order valence-electron chi connectivity index (χ4n) is 1.30. The highest BCUT2D eigenvalue weighted by molar-refractivity contribution is 8.01. The lowest BCUT2D eigenvalue weighted by atomic mass is 10.3. The highest BCUT2D eigenvalue weighted by atomic mass is 32.2. The van der Waals surface area contributed by atoms with Crippen LogP contribution in [0.25, 0.3) is 0 Å². The minimum atomic E-state index is -0.720. The number of carbonyl (C=O) groups is 2. The molecule has 20 heavy (non-hydrogen) atoms. The Bertz CT molecular complexity index is 497. The van der Waals surface area contributed by atoms with Gasteiger partial charge in [-0.25, -0.2) is 8.78 Å². The van der Waals surface area contributed by atoms with Gasteiger partial charge in [-0.2, -0.15) is 0 Å². The zero-order chi connectivity index (χ0) is 15.1. The van der Waals surface area contributed by atoms with E-state index in [2.05, 4.69) is 5.32 Å². The second-order valence-corrected chi connectivity index (χ2v) is 5.20. The van der Waals surface area contributed by atoms with Gasteiger partial charge < -0.3 is 10.1 Å². The van der Waals surface area contributed by atoms with Gasteiger partial charge in [-0.1, -0.05) is 0 Å². The number of benzene rings is 1. The molecule has 0 saturated heterocycles. The first kappa shape index (κ1) is 16.4. The molecule has 0 saturated carbocycles. The van der Waals surface area contributed by atoms with Crippen molar-refractivity contribution in [2.24, 2.45) is 0 Å². The van der Waals surface area contributed by atoms with Crippen LogP contribution in [0, 0.1) is 11.6 Å². The summed E-state index contributed by atoms with van der Waals surface area (Å²) in [6, 6.07) is 2.79. The summed E-state index contributed by atoms with van der Waals surface area (Å²) in [4.78, 5) is 22.9. The van der Waals surface area contributed by atoms with Crippen molar-refractivity contribution in [3.05, 3.63) is 29.8 Å². The van der Waals surface area contributed by atoms with Crippen molar-refractivity contribution >= 4 is 29.3 Å². The van der Waals surface area contributed by atoms with Crippen molar-refractivity contribution in [1.29, 1.82) is 0 Å². The molecule has 0 aliphatic rings. The topological polar surface area (TPSA) is 55.4 Å². The molecule has 0 radical (unpaired) electrons. The van der Waals surface area contributed by atoms with Crippen molar-refractivity contribution < 1.29 is 23.1 Å². The summed E-state index contributed by atoms with van der Waals surface area (Å²) in [5.41, 5.74) is -0.224. The molecule has 0 spiro atoms. The van der Waals surface area contributed by atoms with Gasteiger partial charge in [-0.15, -0.1) is 11.8 Å². The van der Waals surface area contributed by atoms with Gasteiger partial charge in [-0.3, -0.25) is 9.59 Å². The number of amides is 1. The number of rotatable bonds is 6. The largest absolute Gasteiger partial charge is 0.465 e. The molecule has 1 amide bonds. The second-order valence-electron chi connectivity index (χ2n) is 3.87. The normalized spacial score (nSPS) is 11.8. The average molecular weight is 303 g/mol. The Morgan fingerprint density at radius 2 is 2.10 bits per heavy atom. The Labute approximate surface area is 119 Å². The molecule has 7 heteroatoms. The van der Waals surface area contributed by atoms with Crippen molar-refractivity contribution in [2.45, 2.75) is 19.1 Å². The van der Waals surface area contributed by atoms with E-state index in [-0.39, 0.29) is 18.0 Å². The minimum absolute atomic E-state index is 0.0219. The number of hydrogen-bond donors (Lipinski definition) is 1. The number of hydrogen-bond acceptors (Lipinski definition) is 4. The lowest BCUT2D eigenvalue weighted by Gasteiger charge is -2.12. The summed E-state index contributed by atoms with van der Waals surface area (Å²) in [6.07, 6.45) is 0. The molecule has 0 bridgehead atoms. The van der Waals surface area contributed by atoms with E-state index in [1.54, 1.807) is 13.8 Å².